The second kappa shape index (κ2) is 8.33. The molecule has 0 atom stereocenters. The van der Waals surface area contributed by atoms with E-state index in [1.807, 2.05) is 4.90 Å². The summed E-state index contributed by atoms with van der Waals surface area (Å²) in [4.78, 5) is 19.6. The van der Waals surface area contributed by atoms with Crippen LogP contribution in [-0.2, 0) is 14.8 Å². The summed E-state index contributed by atoms with van der Waals surface area (Å²) in [6.45, 7) is 2.81. The SMILES string of the molecule is O=C(c1ccc(S(=O)(=O)N2CCOCC2)cc1)N1CCC(c2nc(C3CC3)n[nH]2)CC1. The summed E-state index contributed by atoms with van der Waals surface area (Å²) in [7, 11) is -3.55. The maximum absolute atomic E-state index is 12.9. The van der Waals surface area contributed by atoms with Crippen LogP contribution in [0, 0.1) is 0 Å². The quantitative estimate of drug-likeness (QED) is 0.751. The Morgan fingerprint density at radius 2 is 1.65 bits per heavy atom. The minimum absolute atomic E-state index is 0.0648. The van der Waals surface area contributed by atoms with E-state index in [2.05, 4.69) is 15.2 Å². The van der Waals surface area contributed by atoms with Gasteiger partial charge in [-0.25, -0.2) is 13.4 Å². The normalized spacial score (nSPS) is 21.4. The van der Waals surface area contributed by atoms with Crippen LogP contribution in [0.4, 0.5) is 0 Å². The zero-order valence-corrected chi connectivity index (χ0v) is 18.2. The largest absolute Gasteiger partial charge is 0.379 e. The molecule has 10 heteroatoms. The van der Waals surface area contributed by atoms with Crippen LogP contribution in [0.3, 0.4) is 0 Å². The average molecular weight is 446 g/mol. The van der Waals surface area contributed by atoms with Gasteiger partial charge in [0.15, 0.2) is 5.82 Å². The first-order chi connectivity index (χ1) is 15.0. The molecule has 3 heterocycles. The highest BCUT2D eigenvalue weighted by Gasteiger charge is 2.31. The third kappa shape index (κ3) is 4.24. The van der Waals surface area contributed by atoms with Crippen molar-refractivity contribution >= 4 is 15.9 Å². The number of aromatic nitrogens is 3. The van der Waals surface area contributed by atoms with E-state index in [1.165, 1.54) is 29.3 Å². The molecule has 0 unspecified atom stereocenters. The Morgan fingerprint density at radius 3 is 2.29 bits per heavy atom. The summed E-state index contributed by atoms with van der Waals surface area (Å²) in [5.41, 5.74) is 0.509. The van der Waals surface area contributed by atoms with Crippen LogP contribution >= 0.6 is 0 Å². The lowest BCUT2D eigenvalue weighted by Crippen LogP contribution is -2.40. The standard InChI is InChI=1S/C21H27N5O4S/c27-21(17-3-5-18(6-4-17)31(28,29)26-11-13-30-14-12-26)25-9-7-16(8-10-25)20-22-19(23-24-20)15-1-2-15/h3-6,15-16H,1-2,7-14H2,(H,22,23,24). The minimum Gasteiger partial charge on any atom is -0.379 e. The van der Waals surface area contributed by atoms with E-state index >= 15 is 0 Å². The fourth-order valence-corrected chi connectivity index (χ4v) is 5.65. The van der Waals surface area contributed by atoms with E-state index in [-0.39, 0.29) is 10.8 Å². The highest BCUT2D eigenvalue weighted by atomic mass is 32.2. The predicted octanol–water partition coefficient (Wildman–Crippen LogP) is 1.72. The summed E-state index contributed by atoms with van der Waals surface area (Å²) in [6.07, 6.45) is 4.04. The number of carbonyl (C=O) groups is 1. The molecule has 1 aliphatic carbocycles. The fourth-order valence-electron chi connectivity index (χ4n) is 4.24. The van der Waals surface area contributed by atoms with E-state index in [0.717, 1.165) is 24.5 Å². The molecular weight excluding hydrogens is 418 g/mol. The fraction of sp³-hybridized carbons (Fsp3) is 0.571. The highest BCUT2D eigenvalue weighted by molar-refractivity contribution is 7.89. The first kappa shape index (κ1) is 20.6. The maximum atomic E-state index is 12.9. The number of ether oxygens (including phenoxy) is 1. The smallest absolute Gasteiger partial charge is 0.253 e. The molecule has 2 saturated heterocycles. The number of piperidine rings is 1. The van der Waals surface area contributed by atoms with Crippen molar-refractivity contribution in [1.82, 2.24) is 24.4 Å². The van der Waals surface area contributed by atoms with E-state index in [1.54, 1.807) is 12.1 Å². The van der Waals surface area contributed by atoms with Gasteiger partial charge in [-0.2, -0.15) is 9.40 Å². The summed E-state index contributed by atoms with van der Waals surface area (Å²) in [6, 6.07) is 6.28. The lowest BCUT2D eigenvalue weighted by atomic mass is 9.95. The van der Waals surface area contributed by atoms with Gasteiger partial charge in [0.25, 0.3) is 5.91 Å². The summed E-state index contributed by atoms with van der Waals surface area (Å²) in [5, 5.41) is 7.43. The van der Waals surface area contributed by atoms with Gasteiger partial charge < -0.3 is 9.64 Å². The van der Waals surface area contributed by atoms with Crippen LogP contribution in [0.1, 0.15) is 59.5 Å². The molecule has 0 spiro atoms. The lowest BCUT2D eigenvalue weighted by Gasteiger charge is -2.31. The highest BCUT2D eigenvalue weighted by Crippen LogP contribution is 2.38. The maximum Gasteiger partial charge on any atom is 0.253 e. The molecule has 2 aliphatic heterocycles. The number of benzene rings is 1. The van der Waals surface area contributed by atoms with Crippen LogP contribution in [0.15, 0.2) is 29.2 Å². The molecule has 3 aliphatic rings. The van der Waals surface area contributed by atoms with Crippen molar-refractivity contribution in [2.45, 2.75) is 42.4 Å². The lowest BCUT2D eigenvalue weighted by molar-refractivity contribution is 0.0711. The molecule has 1 saturated carbocycles. The Morgan fingerprint density at radius 1 is 0.968 bits per heavy atom. The Balaban J connectivity index is 1.20. The number of hydrogen-bond donors (Lipinski definition) is 1. The molecule has 1 aromatic heterocycles. The van der Waals surface area contributed by atoms with Crippen LogP contribution in [0.25, 0.3) is 0 Å². The van der Waals surface area contributed by atoms with E-state index < -0.39 is 10.0 Å². The number of hydrogen-bond acceptors (Lipinski definition) is 6. The van der Waals surface area contributed by atoms with Crippen molar-refractivity contribution in [1.29, 1.82) is 0 Å². The van der Waals surface area contributed by atoms with Gasteiger partial charge in [-0.3, -0.25) is 9.89 Å². The van der Waals surface area contributed by atoms with Crippen LogP contribution in [0.5, 0.6) is 0 Å². The summed E-state index contributed by atoms with van der Waals surface area (Å²) in [5.74, 6) is 2.63. The second-order valence-electron chi connectivity index (χ2n) is 8.46. The molecular formula is C21H27N5O4S. The first-order valence-electron chi connectivity index (χ1n) is 10.9. The molecule has 5 rings (SSSR count). The van der Waals surface area contributed by atoms with Crippen molar-refractivity contribution < 1.29 is 17.9 Å². The van der Waals surface area contributed by atoms with Gasteiger partial charge >= 0.3 is 0 Å². The van der Waals surface area contributed by atoms with Crippen LogP contribution in [0.2, 0.25) is 0 Å². The molecule has 2 aromatic rings. The Hall–Kier alpha value is -2.30. The monoisotopic (exact) mass is 445 g/mol. The van der Waals surface area contributed by atoms with Crippen LogP contribution < -0.4 is 0 Å². The molecule has 0 bridgehead atoms. The number of carbonyl (C=O) groups excluding carboxylic acids is 1. The second-order valence-corrected chi connectivity index (χ2v) is 10.4. The van der Waals surface area contributed by atoms with Crippen molar-refractivity contribution in [3.8, 4) is 0 Å². The number of nitrogens with zero attached hydrogens (tertiary/aromatic N) is 4. The number of sulfonamides is 1. The van der Waals surface area contributed by atoms with Crippen molar-refractivity contribution in [2.24, 2.45) is 0 Å². The van der Waals surface area contributed by atoms with E-state index in [9.17, 15) is 13.2 Å². The number of nitrogens with one attached hydrogen (secondary N) is 1. The van der Waals surface area contributed by atoms with Gasteiger partial charge in [0.05, 0.1) is 18.1 Å². The van der Waals surface area contributed by atoms with Crippen molar-refractivity contribution in [3.05, 3.63) is 41.5 Å². The number of H-pyrrole nitrogens is 1. The molecule has 1 N–H and O–H groups in total. The van der Waals surface area contributed by atoms with Gasteiger partial charge in [0.1, 0.15) is 5.82 Å². The van der Waals surface area contributed by atoms with E-state index in [0.29, 0.717) is 56.8 Å². The summed E-state index contributed by atoms with van der Waals surface area (Å²) >= 11 is 0. The van der Waals surface area contributed by atoms with Gasteiger partial charge in [0.2, 0.25) is 10.0 Å². The van der Waals surface area contributed by atoms with Gasteiger partial charge in [-0.15, -0.1) is 0 Å². The molecule has 0 radical (unpaired) electrons. The van der Waals surface area contributed by atoms with E-state index in [4.69, 9.17) is 4.74 Å². The molecule has 166 valence electrons. The van der Waals surface area contributed by atoms with Gasteiger partial charge in [-0.1, -0.05) is 0 Å². The average Bonchev–Trinajstić information content (AvgIpc) is 3.56. The molecule has 31 heavy (non-hydrogen) atoms. The number of amides is 1. The molecule has 1 amide bonds. The predicted molar refractivity (Wildman–Crippen MR) is 112 cm³/mol. The van der Waals surface area contributed by atoms with Gasteiger partial charge in [0, 0.05) is 43.6 Å². The number of likely N-dealkylation sites (tertiary alicyclic amines) is 1. The van der Waals surface area contributed by atoms with Gasteiger partial charge in [-0.05, 0) is 49.9 Å². The zero-order chi connectivity index (χ0) is 21.4. The molecule has 9 nitrogen and oxygen atoms in total. The molecule has 3 fully saturated rings. The van der Waals surface area contributed by atoms with Crippen LogP contribution in [-0.4, -0.2) is 78.1 Å². The Kier molecular flexibility index (Phi) is 5.53. The Labute approximate surface area is 181 Å². The third-order valence-electron chi connectivity index (χ3n) is 6.34. The third-order valence-corrected chi connectivity index (χ3v) is 8.25. The topological polar surface area (TPSA) is 108 Å². The molecule has 1 aromatic carbocycles. The number of morpholine rings is 1. The van der Waals surface area contributed by atoms with Crippen molar-refractivity contribution in [2.75, 3.05) is 39.4 Å². The first-order valence-corrected chi connectivity index (χ1v) is 12.4. The zero-order valence-electron chi connectivity index (χ0n) is 17.4. The minimum atomic E-state index is -3.55. The Bertz CT molecular complexity index is 1030. The number of rotatable bonds is 5. The number of aromatic amines is 1. The van der Waals surface area contributed by atoms with Crippen molar-refractivity contribution in [3.63, 3.8) is 0 Å². The summed E-state index contributed by atoms with van der Waals surface area (Å²) < 4.78 is 32.2.